The molecule has 0 saturated heterocycles. The van der Waals surface area contributed by atoms with E-state index in [1.54, 1.807) is 0 Å². The van der Waals surface area contributed by atoms with Gasteiger partial charge >= 0.3 is 0 Å². The molecule has 0 N–H and O–H groups in total. The number of hydrogen-bond acceptors (Lipinski definition) is 1. The zero-order chi connectivity index (χ0) is 48.6. The topological polar surface area (TPSA) is 8.17 Å². The number of para-hydroxylation sites is 2. The maximum Gasteiger partial charge on any atom is 0.179 e. The van der Waals surface area contributed by atoms with Gasteiger partial charge in [0.25, 0.3) is 0 Å². The quantitative estimate of drug-likeness (QED) is 0.0926. The summed E-state index contributed by atoms with van der Waals surface area (Å²) >= 11 is 0. The molecule has 3 heteroatoms. The van der Waals surface area contributed by atoms with E-state index in [9.17, 15) is 0 Å². The largest absolute Gasteiger partial charge is 0.310 e. The lowest BCUT2D eigenvalue weighted by Crippen LogP contribution is -2.74. The lowest BCUT2D eigenvalue weighted by molar-refractivity contribution is 1.18. The van der Waals surface area contributed by atoms with Gasteiger partial charge in [-0.15, -0.1) is 0 Å². The van der Waals surface area contributed by atoms with Gasteiger partial charge in [-0.2, -0.15) is 0 Å². The highest BCUT2D eigenvalue weighted by atomic mass is 28.3. The second-order valence-corrected chi connectivity index (χ2v) is 22.6. The second-order valence-electron chi connectivity index (χ2n) is 18.8. The molecule has 73 heavy (non-hydrogen) atoms. The first-order valence-corrected chi connectivity index (χ1v) is 27.2. The number of benzene rings is 12. The zero-order valence-corrected chi connectivity index (χ0v) is 41.3. The molecule has 1 aromatic heterocycles. The van der Waals surface area contributed by atoms with Crippen molar-refractivity contribution in [2.75, 3.05) is 4.90 Å². The van der Waals surface area contributed by atoms with E-state index in [1.807, 2.05) is 0 Å². The van der Waals surface area contributed by atoms with Gasteiger partial charge in [-0.1, -0.05) is 243 Å². The van der Waals surface area contributed by atoms with E-state index in [1.165, 1.54) is 86.7 Å². The number of aromatic nitrogens is 1. The average molecular weight is 947 g/mol. The first-order valence-electron chi connectivity index (χ1n) is 25.2. The van der Waals surface area contributed by atoms with Crippen molar-refractivity contribution < 1.29 is 0 Å². The van der Waals surface area contributed by atoms with Crippen molar-refractivity contribution in [1.29, 1.82) is 0 Å². The molecule has 0 bridgehead atoms. The predicted molar refractivity (Wildman–Crippen MR) is 313 cm³/mol. The highest BCUT2D eigenvalue weighted by Gasteiger charge is 2.41. The fraction of sp³-hybridized carbons (Fsp3) is 0. The molecule has 13 rings (SSSR count). The van der Waals surface area contributed by atoms with Crippen molar-refractivity contribution in [1.82, 2.24) is 4.57 Å². The highest BCUT2D eigenvalue weighted by Crippen LogP contribution is 2.41. The van der Waals surface area contributed by atoms with Crippen LogP contribution in [0.2, 0.25) is 0 Å². The van der Waals surface area contributed by atoms with Crippen LogP contribution in [0.25, 0.3) is 71.6 Å². The third kappa shape index (κ3) is 7.75. The Hall–Kier alpha value is -9.28. The number of fused-ring (bicyclic) bond motifs is 4. The van der Waals surface area contributed by atoms with Crippen molar-refractivity contribution in [2.24, 2.45) is 0 Å². The standard InChI is InChI=1S/C70H50N2Si/c1-5-23-56(24-6-1)72-68-36-16-15-33-67(68)70-66(35-19-37-69(70)72)54-40-38-51(39-41-54)52-42-44-57(45-43-52)71(59-25-17-22-55(50-59)65-34-18-21-53-20-13-14-32-64(53)65)58-46-48-63(49-47-58)73(60-26-7-2-8-27-60,61-28-9-3-10-29-61)62-30-11-4-12-31-62/h1-50H. The molecule has 2 nitrogen and oxygen atoms in total. The van der Waals surface area contributed by atoms with Gasteiger partial charge in [-0.05, 0) is 126 Å². The van der Waals surface area contributed by atoms with Gasteiger partial charge < -0.3 is 9.47 Å². The summed E-state index contributed by atoms with van der Waals surface area (Å²) in [7, 11) is -2.73. The predicted octanol–water partition coefficient (Wildman–Crippen LogP) is 15.8. The monoisotopic (exact) mass is 946 g/mol. The van der Waals surface area contributed by atoms with Crippen molar-refractivity contribution in [3.05, 3.63) is 303 Å². The van der Waals surface area contributed by atoms with E-state index in [2.05, 4.69) is 313 Å². The number of anilines is 3. The molecule has 13 aromatic rings. The van der Waals surface area contributed by atoms with E-state index < -0.39 is 8.07 Å². The Kier molecular flexibility index (Phi) is 11.3. The molecule has 344 valence electrons. The Morgan fingerprint density at radius 3 is 1.37 bits per heavy atom. The van der Waals surface area contributed by atoms with Gasteiger partial charge in [0, 0.05) is 33.5 Å². The molecule has 0 amide bonds. The van der Waals surface area contributed by atoms with Gasteiger partial charge in [0.2, 0.25) is 0 Å². The van der Waals surface area contributed by atoms with Crippen LogP contribution in [0.3, 0.4) is 0 Å². The molecule has 0 atom stereocenters. The van der Waals surface area contributed by atoms with Crippen LogP contribution in [0.4, 0.5) is 17.1 Å². The normalized spacial score (nSPS) is 11.6. The molecule has 0 unspecified atom stereocenters. The molecular weight excluding hydrogens is 897 g/mol. The minimum atomic E-state index is -2.73. The summed E-state index contributed by atoms with van der Waals surface area (Å²) in [6, 6.07) is 112. The van der Waals surface area contributed by atoms with E-state index in [4.69, 9.17) is 0 Å². The van der Waals surface area contributed by atoms with Crippen molar-refractivity contribution in [3.8, 4) is 39.1 Å². The number of hydrogen-bond donors (Lipinski definition) is 0. The second kappa shape index (κ2) is 18.8. The van der Waals surface area contributed by atoms with Crippen LogP contribution in [0.15, 0.2) is 303 Å². The van der Waals surface area contributed by atoms with Crippen molar-refractivity contribution >= 4 is 78.5 Å². The molecule has 0 spiro atoms. The van der Waals surface area contributed by atoms with Gasteiger partial charge in [0.1, 0.15) is 0 Å². The lowest BCUT2D eigenvalue weighted by atomic mass is 9.96. The minimum absolute atomic E-state index is 1.09. The van der Waals surface area contributed by atoms with E-state index >= 15 is 0 Å². The Balaban J connectivity index is 0.904. The van der Waals surface area contributed by atoms with Crippen LogP contribution < -0.4 is 25.6 Å². The SMILES string of the molecule is c1ccc(-n2c3ccccc3c3c(-c4ccc(-c5ccc(N(c6ccc([Si](c7ccccc7)(c7ccccc7)c7ccccc7)cc6)c6cccc(-c7cccc8ccccc78)c6)cc5)cc4)cccc32)cc1. The molecule has 1 heterocycles. The summed E-state index contributed by atoms with van der Waals surface area (Å²) in [5.41, 5.74) is 14.0. The fourth-order valence-electron chi connectivity index (χ4n) is 11.4. The number of nitrogens with zero attached hydrogens (tertiary/aromatic N) is 2. The Morgan fingerprint density at radius 1 is 0.274 bits per heavy atom. The lowest BCUT2D eigenvalue weighted by Gasteiger charge is -2.35. The third-order valence-electron chi connectivity index (χ3n) is 14.8. The first-order chi connectivity index (χ1) is 36.2. The summed E-state index contributed by atoms with van der Waals surface area (Å²) in [5, 5.41) is 10.4. The molecule has 0 aliphatic heterocycles. The summed E-state index contributed by atoms with van der Waals surface area (Å²) in [5.74, 6) is 0. The molecule has 0 saturated carbocycles. The average Bonchev–Trinajstić information content (AvgIpc) is 3.82. The molecule has 0 aliphatic carbocycles. The maximum absolute atomic E-state index is 2.73. The van der Waals surface area contributed by atoms with Crippen LogP contribution in [-0.4, -0.2) is 12.6 Å². The molecule has 0 aliphatic rings. The summed E-state index contributed by atoms with van der Waals surface area (Å²) in [6.07, 6.45) is 0. The van der Waals surface area contributed by atoms with Gasteiger partial charge in [-0.25, -0.2) is 0 Å². The van der Waals surface area contributed by atoms with Crippen molar-refractivity contribution in [2.45, 2.75) is 0 Å². The van der Waals surface area contributed by atoms with Crippen LogP contribution in [0.5, 0.6) is 0 Å². The molecular formula is C70H50N2Si. The minimum Gasteiger partial charge on any atom is -0.310 e. The van der Waals surface area contributed by atoms with Gasteiger partial charge in [-0.3, -0.25) is 0 Å². The van der Waals surface area contributed by atoms with Crippen LogP contribution in [0, 0.1) is 0 Å². The third-order valence-corrected chi connectivity index (χ3v) is 19.5. The van der Waals surface area contributed by atoms with Crippen LogP contribution in [-0.2, 0) is 0 Å². The van der Waals surface area contributed by atoms with E-state index in [0.717, 1.165) is 22.7 Å². The number of rotatable bonds is 11. The zero-order valence-electron chi connectivity index (χ0n) is 40.3. The first kappa shape index (κ1) is 43.7. The molecule has 12 aromatic carbocycles. The van der Waals surface area contributed by atoms with Gasteiger partial charge in [0.05, 0.1) is 11.0 Å². The van der Waals surface area contributed by atoms with Crippen molar-refractivity contribution in [3.63, 3.8) is 0 Å². The fourth-order valence-corrected chi connectivity index (χ4v) is 16.2. The van der Waals surface area contributed by atoms with E-state index in [-0.39, 0.29) is 0 Å². The smallest absolute Gasteiger partial charge is 0.179 e. The highest BCUT2D eigenvalue weighted by molar-refractivity contribution is 7.19. The van der Waals surface area contributed by atoms with Crippen LogP contribution in [0.1, 0.15) is 0 Å². The summed E-state index contributed by atoms with van der Waals surface area (Å²) in [4.78, 5) is 2.41. The Bertz CT molecular complexity index is 3940. The Labute approximate surface area is 428 Å². The van der Waals surface area contributed by atoms with Crippen LogP contribution >= 0.6 is 0 Å². The summed E-state index contributed by atoms with van der Waals surface area (Å²) < 4.78 is 2.39. The van der Waals surface area contributed by atoms with Gasteiger partial charge in [0.15, 0.2) is 8.07 Å². The Morgan fingerprint density at radius 2 is 0.726 bits per heavy atom. The summed E-state index contributed by atoms with van der Waals surface area (Å²) in [6.45, 7) is 0. The maximum atomic E-state index is 2.41. The molecule has 0 fully saturated rings. The van der Waals surface area contributed by atoms with E-state index in [0.29, 0.717) is 0 Å². The molecule has 0 radical (unpaired) electrons.